The van der Waals surface area contributed by atoms with Crippen molar-refractivity contribution in [1.29, 1.82) is 5.26 Å². The molecule has 0 aromatic carbocycles. The van der Waals surface area contributed by atoms with Crippen LogP contribution >= 0.6 is 24.2 Å². The highest BCUT2D eigenvalue weighted by Gasteiger charge is 1.84. The van der Waals surface area contributed by atoms with Gasteiger partial charge in [0.2, 0.25) is 0 Å². The fraction of sp³-hybridized carbons (Fsp3) is 0. The minimum absolute atomic E-state index is 0.503. The lowest BCUT2D eigenvalue weighted by Crippen LogP contribution is -1.70. The lowest BCUT2D eigenvalue weighted by atomic mass is 10.5. The summed E-state index contributed by atoms with van der Waals surface area (Å²) in [6.45, 7) is 3.50. The zero-order valence-corrected chi connectivity index (χ0v) is 6.68. The molecule has 0 aliphatic carbocycles. The number of hydrogen-bond acceptors (Lipinski definition) is 3. The summed E-state index contributed by atoms with van der Waals surface area (Å²) in [6, 6.07) is 3.49. The second-order valence-electron chi connectivity index (χ2n) is 1.34. The highest BCUT2D eigenvalue weighted by molar-refractivity contribution is 7.80. The first-order valence-electron chi connectivity index (χ1n) is 2.35. The van der Waals surface area contributed by atoms with Crippen molar-refractivity contribution in [3.05, 3.63) is 23.5 Å². The van der Waals surface area contributed by atoms with Gasteiger partial charge < -0.3 is 0 Å². The van der Waals surface area contributed by atoms with E-state index >= 15 is 0 Å². The van der Waals surface area contributed by atoms with Crippen molar-refractivity contribution in [2.24, 2.45) is 0 Å². The molecule has 10 heavy (non-hydrogen) atoms. The van der Waals surface area contributed by atoms with Gasteiger partial charge in [-0.1, -0.05) is 11.6 Å². The minimum atomic E-state index is 0.503. The van der Waals surface area contributed by atoms with Gasteiger partial charge in [-0.25, -0.2) is 10.2 Å². The topological polar surface area (TPSA) is 36.7 Å². The molecular formula is C6H5ClN2S. The second-order valence-corrected chi connectivity index (χ2v) is 2.24. The van der Waals surface area contributed by atoms with Crippen LogP contribution in [0, 0.1) is 11.8 Å². The first-order valence-corrected chi connectivity index (χ1v) is 3.18. The summed E-state index contributed by atoms with van der Waals surface area (Å²) < 4.78 is 0. The molecule has 1 heterocycles. The standard InChI is InChI=1S/C5H4ClNS.CHN/c6-5-2-1-4(8)3-7-5;1-2/h1-3,8H;1H. The zero-order chi connectivity index (χ0) is 7.98. The number of hydrogen-bond donors (Lipinski definition) is 1. The Morgan fingerprint density at radius 2 is 2.10 bits per heavy atom. The highest BCUT2D eigenvalue weighted by atomic mass is 35.5. The average Bonchev–Trinajstić information content (AvgIpc) is 2.00. The molecule has 4 heteroatoms. The molecule has 0 spiro atoms. The van der Waals surface area contributed by atoms with Crippen LogP contribution in [0.4, 0.5) is 0 Å². The molecule has 0 aliphatic heterocycles. The minimum Gasteiger partial charge on any atom is -0.243 e. The van der Waals surface area contributed by atoms with Crippen molar-refractivity contribution in [3.8, 4) is 6.57 Å². The fourth-order valence-electron chi connectivity index (χ4n) is 0.368. The molecule has 0 N–H and O–H groups in total. The summed E-state index contributed by atoms with van der Waals surface area (Å²) in [5.41, 5.74) is 0. The van der Waals surface area contributed by atoms with Crippen LogP contribution in [0.1, 0.15) is 0 Å². The number of aromatic nitrogens is 1. The van der Waals surface area contributed by atoms with Crippen molar-refractivity contribution in [1.82, 2.24) is 4.98 Å². The number of thiol groups is 1. The van der Waals surface area contributed by atoms with Gasteiger partial charge in [-0.2, -0.15) is 0 Å². The molecule has 0 saturated heterocycles. The van der Waals surface area contributed by atoms with Gasteiger partial charge in [-0.05, 0) is 12.1 Å². The first-order chi connectivity index (χ1) is 4.79. The van der Waals surface area contributed by atoms with E-state index in [4.69, 9.17) is 16.9 Å². The molecule has 52 valence electrons. The Kier molecular flexibility index (Phi) is 4.73. The van der Waals surface area contributed by atoms with Crippen LogP contribution in [0.15, 0.2) is 23.2 Å². The number of rotatable bonds is 0. The van der Waals surface area contributed by atoms with Gasteiger partial charge >= 0.3 is 0 Å². The molecule has 0 unspecified atom stereocenters. The van der Waals surface area contributed by atoms with E-state index in [1.165, 1.54) is 0 Å². The monoisotopic (exact) mass is 172 g/mol. The third kappa shape index (κ3) is 3.33. The first kappa shape index (κ1) is 9.28. The van der Waals surface area contributed by atoms with Gasteiger partial charge in [0.1, 0.15) is 5.15 Å². The molecule has 0 aliphatic rings. The maximum atomic E-state index is 6.50. The Hall–Kier alpha value is -0.720. The van der Waals surface area contributed by atoms with E-state index in [2.05, 4.69) is 24.2 Å². The summed E-state index contributed by atoms with van der Waals surface area (Å²) in [6.07, 6.45) is 1.60. The number of nitriles is 1. The molecule has 0 radical (unpaired) electrons. The largest absolute Gasteiger partial charge is 0.243 e. The second kappa shape index (κ2) is 5.10. The van der Waals surface area contributed by atoms with Gasteiger partial charge in [-0.3, -0.25) is 0 Å². The van der Waals surface area contributed by atoms with Gasteiger partial charge in [0, 0.05) is 17.7 Å². The van der Waals surface area contributed by atoms with Crippen LogP contribution in [0.25, 0.3) is 0 Å². The summed E-state index contributed by atoms with van der Waals surface area (Å²) in [5, 5.41) is 7.00. The zero-order valence-electron chi connectivity index (χ0n) is 5.03. The van der Waals surface area contributed by atoms with Crippen LogP contribution in [0.5, 0.6) is 0 Å². The van der Waals surface area contributed by atoms with Crippen LogP contribution in [-0.4, -0.2) is 4.98 Å². The molecule has 1 aromatic rings. The lowest BCUT2D eigenvalue weighted by Gasteiger charge is -1.86. The molecule has 1 aromatic heterocycles. The van der Waals surface area contributed by atoms with E-state index in [9.17, 15) is 0 Å². The van der Waals surface area contributed by atoms with Crippen molar-refractivity contribution < 1.29 is 0 Å². The van der Waals surface area contributed by atoms with E-state index in [0.717, 1.165) is 4.90 Å². The van der Waals surface area contributed by atoms with Crippen LogP contribution < -0.4 is 0 Å². The van der Waals surface area contributed by atoms with Gasteiger partial charge in [0.05, 0.1) is 0 Å². The highest BCUT2D eigenvalue weighted by Crippen LogP contribution is 2.06. The van der Waals surface area contributed by atoms with Crippen molar-refractivity contribution in [3.63, 3.8) is 0 Å². The predicted octanol–water partition coefficient (Wildman–Crippen LogP) is 2.16. The summed E-state index contributed by atoms with van der Waals surface area (Å²) >= 11 is 9.48. The Bertz CT molecular complexity index is 186. The van der Waals surface area contributed by atoms with Crippen LogP contribution in [0.3, 0.4) is 0 Å². The molecule has 1 rings (SSSR count). The van der Waals surface area contributed by atoms with E-state index in [1.807, 2.05) is 0 Å². The lowest BCUT2D eigenvalue weighted by molar-refractivity contribution is 1.24. The van der Waals surface area contributed by atoms with E-state index < -0.39 is 0 Å². The predicted molar refractivity (Wildman–Crippen MR) is 43.2 cm³/mol. The van der Waals surface area contributed by atoms with Gasteiger partial charge in [-0.15, -0.1) is 12.6 Å². The summed E-state index contributed by atoms with van der Waals surface area (Å²) in [4.78, 5) is 4.60. The summed E-state index contributed by atoms with van der Waals surface area (Å²) in [7, 11) is 0. The fourth-order valence-corrected chi connectivity index (χ4v) is 0.612. The number of pyridine rings is 1. The quantitative estimate of drug-likeness (QED) is 0.481. The Morgan fingerprint density at radius 1 is 1.50 bits per heavy atom. The van der Waals surface area contributed by atoms with E-state index in [1.54, 1.807) is 18.3 Å². The third-order valence-corrected chi connectivity index (χ3v) is 1.20. The Morgan fingerprint density at radius 3 is 2.40 bits per heavy atom. The molecule has 0 saturated carbocycles. The van der Waals surface area contributed by atoms with Crippen LogP contribution in [0.2, 0.25) is 5.15 Å². The average molecular weight is 173 g/mol. The molecule has 0 atom stereocenters. The molecule has 0 fully saturated rings. The number of halogens is 1. The molecule has 0 amide bonds. The SMILES string of the molecule is C#N.Sc1ccc(Cl)nc1. The van der Waals surface area contributed by atoms with Gasteiger partial charge in [0.15, 0.2) is 0 Å². The van der Waals surface area contributed by atoms with Crippen LogP contribution in [-0.2, 0) is 0 Å². The molecular weight excluding hydrogens is 168 g/mol. The maximum Gasteiger partial charge on any atom is 0.129 e. The summed E-state index contributed by atoms with van der Waals surface area (Å²) in [5.74, 6) is 0. The van der Waals surface area contributed by atoms with E-state index in [-0.39, 0.29) is 0 Å². The maximum absolute atomic E-state index is 6.50. The van der Waals surface area contributed by atoms with Gasteiger partial charge in [0.25, 0.3) is 0 Å². The normalized spacial score (nSPS) is 7.60. The molecule has 2 nitrogen and oxygen atoms in total. The van der Waals surface area contributed by atoms with Crippen molar-refractivity contribution in [2.75, 3.05) is 0 Å². The smallest absolute Gasteiger partial charge is 0.129 e. The Labute approximate surface area is 69.9 Å². The molecule has 0 bridgehead atoms. The number of nitrogens with zero attached hydrogens (tertiary/aromatic N) is 2. The van der Waals surface area contributed by atoms with Crippen molar-refractivity contribution >= 4 is 24.2 Å². The van der Waals surface area contributed by atoms with Crippen molar-refractivity contribution in [2.45, 2.75) is 4.90 Å². The Balaban J connectivity index is 0.000000371. The third-order valence-electron chi connectivity index (χ3n) is 0.712. The van der Waals surface area contributed by atoms with E-state index in [0.29, 0.717) is 5.15 Å².